The predicted octanol–water partition coefficient (Wildman–Crippen LogP) is 3.71. The van der Waals surface area contributed by atoms with Crippen molar-refractivity contribution in [2.75, 3.05) is 6.54 Å². The maximum atomic E-state index is 13.1. The van der Waals surface area contributed by atoms with E-state index in [1.54, 1.807) is 24.3 Å². The maximum absolute atomic E-state index is 13.1. The summed E-state index contributed by atoms with van der Waals surface area (Å²) in [6.07, 6.45) is 0. The van der Waals surface area contributed by atoms with Gasteiger partial charge in [0, 0.05) is 17.6 Å². The molecule has 5 nitrogen and oxygen atoms in total. The molecule has 0 heterocycles. The molecule has 0 radical (unpaired) electrons. The minimum atomic E-state index is -4.03. The topological polar surface area (TPSA) is 66.5 Å². The van der Waals surface area contributed by atoms with Gasteiger partial charge in [0.15, 0.2) is 0 Å². The Balaban J connectivity index is 2.40. The molecule has 2 aromatic carbocycles. The van der Waals surface area contributed by atoms with Crippen molar-refractivity contribution in [3.8, 4) is 0 Å². The molecular weight excluding hydrogens is 395 g/mol. The monoisotopic (exact) mass is 414 g/mol. The Morgan fingerprint density at radius 1 is 1.12 bits per heavy atom. The Kier molecular flexibility index (Phi) is 7.06. The van der Waals surface area contributed by atoms with Gasteiger partial charge in [0.1, 0.15) is 4.90 Å². The summed E-state index contributed by atoms with van der Waals surface area (Å²) in [5.74, 6) is -0.391. The van der Waals surface area contributed by atoms with Crippen molar-refractivity contribution < 1.29 is 13.2 Å². The van der Waals surface area contributed by atoms with E-state index in [0.29, 0.717) is 0 Å². The van der Waals surface area contributed by atoms with E-state index in [1.807, 2.05) is 19.9 Å². The standard InChI is InChI=1S/C18H20Cl2N2O3S/c1-13(2)21-18(23)12-22(11-14-6-4-3-5-7-14)26(24,25)17-10-15(19)8-9-16(17)20/h3-10,13H,11-12H2,1-2H3,(H,21,23). The van der Waals surface area contributed by atoms with E-state index in [4.69, 9.17) is 23.2 Å². The van der Waals surface area contributed by atoms with Gasteiger partial charge >= 0.3 is 0 Å². The number of rotatable bonds is 7. The van der Waals surface area contributed by atoms with Gasteiger partial charge in [-0.25, -0.2) is 8.42 Å². The van der Waals surface area contributed by atoms with Crippen LogP contribution in [0, 0.1) is 0 Å². The van der Waals surface area contributed by atoms with Crippen LogP contribution in [-0.2, 0) is 21.4 Å². The van der Waals surface area contributed by atoms with Gasteiger partial charge in [-0.2, -0.15) is 4.31 Å². The Labute approximate surface area is 164 Å². The van der Waals surface area contributed by atoms with Crippen LogP contribution in [0.25, 0.3) is 0 Å². The highest BCUT2D eigenvalue weighted by Gasteiger charge is 2.29. The van der Waals surface area contributed by atoms with E-state index < -0.39 is 15.9 Å². The molecule has 0 saturated heterocycles. The molecule has 140 valence electrons. The molecule has 0 aliphatic heterocycles. The molecule has 1 N–H and O–H groups in total. The summed E-state index contributed by atoms with van der Waals surface area (Å²) in [4.78, 5) is 12.1. The fourth-order valence-corrected chi connectivity index (χ4v) is 4.48. The molecule has 0 aliphatic rings. The number of halogens is 2. The molecule has 0 atom stereocenters. The molecule has 2 rings (SSSR count). The van der Waals surface area contributed by atoms with Crippen molar-refractivity contribution in [1.82, 2.24) is 9.62 Å². The summed E-state index contributed by atoms with van der Waals surface area (Å²) in [7, 11) is -4.03. The highest BCUT2D eigenvalue weighted by molar-refractivity contribution is 7.89. The lowest BCUT2D eigenvalue weighted by Crippen LogP contribution is -2.42. The molecule has 2 aromatic rings. The van der Waals surface area contributed by atoms with Crippen molar-refractivity contribution in [3.63, 3.8) is 0 Å². The van der Waals surface area contributed by atoms with E-state index in [2.05, 4.69) is 5.32 Å². The number of benzene rings is 2. The molecular formula is C18H20Cl2N2O3S. The first-order valence-corrected chi connectivity index (χ1v) is 10.2. The lowest BCUT2D eigenvalue weighted by molar-refractivity contribution is -0.121. The largest absolute Gasteiger partial charge is 0.353 e. The molecule has 26 heavy (non-hydrogen) atoms. The van der Waals surface area contributed by atoms with E-state index in [1.165, 1.54) is 18.2 Å². The second-order valence-corrected chi connectivity index (χ2v) is 8.81. The van der Waals surface area contributed by atoms with Crippen LogP contribution in [0.1, 0.15) is 19.4 Å². The van der Waals surface area contributed by atoms with Crippen molar-refractivity contribution in [3.05, 3.63) is 64.1 Å². The molecule has 0 unspecified atom stereocenters. The number of nitrogens with one attached hydrogen (secondary N) is 1. The molecule has 0 saturated carbocycles. The van der Waals surface area contributed by atoms with Gasteiger partial charge in [0.25, 0.3) is 0 Å². The third kappa shape index (κ3) is 5.45. The van der Waals surface area contributed by atoms with Crippen molar-refractivity contribution in [1.29, 1.82) is 0 Å². The molecule has 0 aromatic heterocycles. The molecule has 0 bridgehead atoms. The minimum Gasteiger partial charge on any atom is -0.353 e. The van der Waals surface area contributed by atoms with Gasteiger partial charge < -0.3 is 5.32 Å². The first-order valence-electron chi connectivity index (χ1n) is 7.98. The minimum absolute atomic E-state index is 0.0392. The fraction of sp³-hybridized carbons (Fsp3) is 0.278. The van der Waals surface area contributed by atoms with E-state index in [-0.39, 0.29) is 34.1 Å². The molecule has 1 amide bonds. The Bertz CT molecular complexity index is 871. The smallest absolute Gasteiger partial charge is 0.245 e. The third-order valence-corrected chi connectivity index (χ3v) is 5.99. The number of hydrogen-bond acceptors (Lipinski definition) is 3. The molecule has 8 heteroatoms. The maximum Gasteiger partial charge on any atom is 0.245 e. The Morgan fingerprint density at radius 3 is 2.38 bits per heavy atom. The fourth-order valence-electron chi connectivity index (χ4n) is 2.35. The lowest BCUT2D eigenvalue weighted by Gasteiger charge is -2.23. The predicted molar refractivity (Wildman–Crippen MR) is 104 cm³/mol. The Hall–Kier alpha value is -1.60. The van der Waals surface area contributed by atoms with Gasteiger partial charge in [0.05, 0.1) is 11.6 Å². The van der Waals surface area contributed by atoms with Crippen molar-refractivity contribution >= 4 is 39.1 Å². The Morgan fingerprint density at radius 2 is 1.77 bits per heavy atom. The van der Waals surface area contributed by atoms with Crippen LogP contribution in [0.2, 0.25) is 10.0 Å². The number of carbonyl (C=O) groups excluding carboxylic acids is 1. The number of amides is 1. The molecule has 0 aliphatic carbocycles. The number of hydrogen-bond donors (Lipinski definition) is 1. The van der Waals surface area contributed by atoms with Crippen LogP contribution in [0.5, 0.6) is 0 Å². The summed E-state index contributed by atoms with van der Waals surface area (Å²) in [5, 5.41) is 3.01. The van der Waals surface area contributed by atoms with E-state index in [9.17, 15) is 13.2 Å². The van der Waals surface area contributed by atoms with Crippen LogP contribution >= 0.6 is 23.2 Å². The van der Waals surface area contributed by atoms with Crippen LogP contribution in [0.4, 0.5) is 0 Å². The van der Waals surface area contributed by atoms with E-state index in [0.717, 1.165) is 9.87 Å². The lowest BCUT2D eigenvalue weighted by atomic mass is 10.2. The highest BCUT2D eigenvalue weighted by atomic mass is 35.5. The number of sulfonamides is 1. The summed E-state index contributed by atoms with van der Waals surface area (Å²) in [6.45, 7) is 3.33. The summed E-state index contributed by atoms with van der Waals surface area (Å²) in [6, 6.07) is 13.2. The average molecular weight is 415 g/mol. The van der Waals surface area contributed by atoms with Gasteiger partial charge in [-0.1, -0.05) is 53.5 Å². The number of nitrogens with zero attached hydrogens (tertiary/aromatic N) is 1. The quantitative estimate of drug-likeness (QED) is 0.750. The SMILES string of the molecule is CC(C)NC(=O)CN(Cc1ccccc1)S(=O)(=O)c1cc(Cl)ccc1Cl. The third-order valence-electron chi connectivity index (χ3n) is 3.48. The van der Waals surface area contributed by atoms with Crippen LogP contribution in [0.15, 0.2) is 53.4 Å². The van der Waals surface area contributed by atoms with Gasteiger partial charge in [-0.15, -0.1) is 0 Å². The summed E-state index contributed by atoms with van der Waals surface area (Å²) < 4.78 is 27.4. The average Bonchev–Trinajstić information content (AvgIpc) is 2.56. The van der Waals surface area contributed by atoms with Crippen molar-refractivity contribution in [2.24, 2.45) is 0 Å². The first kappa shape index (κ1) is 20.7. The molecule has 0 fully saturated rings. The van der Waals surface area contributed by atoms with Crippen LogP contribution in [0.3, 0.4) is 0 Å². The van der Waals surface area contributed by atoms with Crippen LogP contribution in [-0.4, -0.2) is 31.2 Å². The molecule has 0 spiro atoms. The normalized spacial score (nSPS) is 11.8. The van der Waals surface area contributed by atoms with Crippen molar-refractivity contribution in [2.45, 2.75) is 31.3 Å². The van der Waals surface area contributed by atoms with Gasteiger partial charge in [-0.05, 0) is 37.6 Å². The number of carbonyl (C=O) groups is 1. The van der Waals surface area contributed by atoms with Crippen LogP contribution < -0.4 is 5.32 Å². The highest BCUT2D eigenvalue weighted by Crippen LogP contribution is 2.28. The second kappa shape index (κ2) is 8.86. The van der Waals surface area contributed by atoms with E-state index >= 15 is 0 Å². The summed E-state index contributed by atoms with van der Waals surface area (Å²) in [5.41, 5.74) is 0.756. The van der Waals surface area contributed by atoms with Gasteiger partial charge in [-0.3, -0.25) is 4.79 Å². The summed E-state index contributed by atoms with van der Waals surface area (Å²) >= 11 is 12.0. The second-order valence-electron chi connectivity index (χ2n) is 6.06. The zero-order chi connectivity index (χ0) is 19.3. The van der Waals surface area contributed by atoms with Gasteiger partial charge in [0.2, 0.25) is 15.9 Å². The first-order chi connectivity index (χ1) is 12.2. The zero-order valence-electron chi connectivity index (χ0n) is 14.4. The zero-order valence-corrected chi connectivity index (χ0v) is 16.8.